The fourth-order valence-corrected chi connectivity index (χ4v) is 2.27. The lowest BCUT2D eigenvalue weighted by molar-refractivity contribution is -0.145. The van der Waals surface area contributed by atoms with Crippen molar-refractivity contribution >= 4 is 5.97 Å². The number of aryl methyl sites for hydroxylation is 1. The van der Waals surface area contributed by atoms with Crippen LogP contribution in [0, 0.1) is 0 Å². The van der Waals surface area contributed by atoms with Crippen molar-refractivity contribution in [3.8, 4) is 0 Å². The zero-order valence-corrected chi connectivity index (χ0v) is 13.0. The summed E-state index contributed by atoms with van der Waals surface area (Å²) in [7, 11) is 0. The highest BCUT2D eigenvalue weighted by molar-refractivity contribution is 5.69. The van der Waals surface area contributed by atoms with Crippen LogP contribution >= 0.6 is 0 Å². The molecule has 0 heterocycles. The van der Waals surface area contributed by atoms with Crippen LogP contribution in [-0.2, 0) is 22.6 Å². The number of carbonyl (C=O) groups is 1. The third-order valence-corrected chi connectivity index (χ3v) is 3.41. The topological polar surface area (TPSA) is 26.3 Å². The first-order valence-corrected chi connectivity index (χ1v) is 7.99. The molecule has 0 saturated heterocycles. The zero-order chi connectivity index (χ0) is 14.6. The molecule has 0 saturated carbocycles. The average Bonchev–Trinajstić information content (AvgIpc) is 2.46. The van der Waals surface area contributed by atoms with Gasteiger partial charge in [0.05, 0.1) is 0 Å². The average molecular weight is 276 g/mol. The molecule has 1 aromatic carbocycles. The summed E-state index contributed by atoms with van der Waals surface area (Å²) in [6, 6.07) is 8.33. The maximum absolute atomic E-state index is 11.6. The molecule has 0 aromatic heterocycles. The van der Waals surface area contributed by atoms with Crippen LogP contribution in [-0.4, -0.2) is 5.97 Å². The van der Waals surface area contributed by atoms with Crippen molar-refractivity contribution in [2.24, 2.45) is 0 Å². The molecule has 112 valence electrons. The maximum Gasteiger partial charge on any atom is 0.306 e. The van der Waals surface area contributed by atoms with Crippen LogP contribution in [0.4, 0.5) is 0 Å². The van der Waals surface area contributed by atoms with Crippen LogP contribution < -0.4 is 0 Å². The van der Waals surface area contributed by atoms with Crippen LogP contribution in [0.15, 0.2) is 24.3 Å². The fraction of sp³-hybridized carbons (Fsp3) is 0.611. The van der Waals surface area contributed by atoms with E-state index in [-0.39, 0.29) is 5.97 Å². The first-order valence-electron chi connectivity index (χ1n) is 7.99. The van der Waals surface area contributed by atoms with E-state index in [1.54, 1.807) is 0 Å². The molecule has 0 amide bonds. The highest BCUT2D eigenvalue weighted by Crippen LogP contribution is 2.10. The van der Waals surface area contributed by atoms with Gasteiger partial charge in [-0.2, -0.15) is 0 Å². The molecular weight excluding hydrogens is 248 g/mol. The number of unbranched alkanes of at least 4 members (excludes halogenated alkanes) is 4. The Morgan fingerprint density at radius 1 is 1.00 bits per heavy atom. The summed E-state index contributed by atoms with van der Waals surface area (Å²) in [5.41, 5.74) is 2.41. The van der Waals surface area contributed by atoms with Crippen molar-refractivity contribution in [3.05, 3.63) is 35.4 Å². The Morgan fingerprint density at radius 2 is 1.75 bits per heavy atom. The standard InChI is InChI=1S/C18H28O2/c1-3-5-6-7-8-13-18(19)20-15-17-12-9-11-16(14-17)10-4-2/h9,11-12,14H,3-8,10,13,15H2,1-2H3. The Labute approximate surface area is 123 Å². The predicted octanol–water partition coefficient (Wildman–Crippen LogP) is 5.04. The van der Waals surface area contributed by atoms with E-state index >= 15 is 0 Å². The van der Waals surface area contributed by atoms with E-state index in [4.69, 9.17) is 4.74 Å². The molecule has 0 radical (unpaired) electrons. The molecule has 0 unspecified atom stereocenters. The van der Waals surface area contributed by atoms with Gasteiger partial charge in [-0.1, -0.05) is 70.2 Å². The number of hydrogen-bond donors (Lipinski definition) is 0. The summed E-state index contributed by atoms with van der Waals surface area (Å²) in [6.45, 7) is 4.78. The Hall–Kier alpha value is -1.31. The van der Waals surface area contributed by atoms with Crippen LogP contribution in [0.25, 0.3) is 0 Å². The van der Waals surface area contributed by atoms with Gasteiger partial charge in [-0.05, 0) is 24.0 Å². The van der Waals surface area contributed by atoms with Crippen molar-refractivity contribution in [2.75, 3.05) is 0 Å². The van der Waals surface area contributed by atoms with E-state index in [0.717, 1.165) is 31.2 Å². The number of benzene rings is 1. The molecule has 0 aliphatic rings. The molecule has 2 nitrogen and oxygen atoms in total. The van der Waals surface area contributed by atoms with E-state index in [9.17, 15) is 4.79 Å². The van der Waals surface area contributed by atoms with Gasteiger partial charge in [0.25, 0.3) is 0 Å². The highest BCUT2D eigenvalue weighted by Gasteiger charge is 2.03. The predicted molar refractivity (Wildman–Crippen MR) is 83.6 cm³/mol. The number of rotatable bonds is 10. The van der Waals surface area contributed by atoms with E-state index in [1.165, 1.54) is 24.8 Å². The summed E-state index contributed by atoms with van der Waals surface area (Å²) < 4.78 is 5.33. The molecule has 0 aliphatic heterocycles. The molecule has 0 bridgehead atoms. The van der Waals surface area contributed by atoms with E-state index in [2.05, 4.69) is 26.0 Å². The van der Waals surface area contributed by atoms with Crippen LogP contribution in [0.3, 0.4) is 0 Å². The van der Waals surface area contributed by atoms with E-state index in [0.29, 0.717) is 13.0 Å². The van der Waals surface area contributed by atoms with Crippen molar-refractivity contribution < 1.29 is 9.53 Å². The van der Waals surface area contributed by atoms with Crippen LogP contribution in [0.1, 0.15) is 69.9 Å². The monoisotopic (exact) mass is 276 g/mol. The van der Waals surface area contributed by atoms with Crippen LogP contribution in [0.2, 0.25) is 0 Å². The van der Waals surface area contributed by atoms with E-state index in [1.807, 2.05) is 12.1 Å². The Morgan fingerprint density at radius 3 is 2.50 bits per heavy atom. The SMILES string of the molecule is CCCCCCCC(=O)OCc1cccc(CCC)c1. The first-order chi connectivity index (χ1) is 9.76. The van der Waals surface area contributed by atoms with Gasteiger partial charge in [0, 0.05) is 6.42 Å². The Kier molecular flexibility index (Phi) is 8.77. The van der Waals surface area contributed by atoms with Gasteiger partial charge >= 0.3 is 5.97 Å². The third kappa shape index (κ3) is 7.32. The van der Waals surface area contributed by atoms with Gasteiger partial charge in [0.2, 0.25) is 0 Å². The quantitative estimate of drug-likeness (QED) is 0.442. The number of carbonyl (C=O) groups excluding carboxylic acids is 1. The fourth-order valence-electron chi connectivity index (χ4n) is 2.27. The second-order valence-corrected chi connectivity index (χ2v) is 5.39. The molecule has 0 N–H and O–H groups in total. The minimum absolute atomic E-state index is 0.0672. The number of esters is 1. The summed E-state index contributed by atoms with van der Waals surface area (Å²) in [5, 5.41) is 0. The Bertz CT molecular complexity index is 385. The first kappa shape index (κ1) is 16.7. The minimum Gasteiger partial charge on any atom is -0.461 e. The highest BCUT2D eigenvalue weighted by atomic mass is 16.5. The summed E-state index contributed by atoms with van der Waals surface area (Å²) in [4.78, 5) is 11.6. The van der Waals surface area contributed by atoms with Gasteiger partial charge in [0.15, 0.2) is 0 Å². The molecule has 20 heavy (non-hydrogen) atoms. The molecule has 0 fully saturated rings. The maximum atomic E-state index is 11.6. The molecular formula is C18H28O2. The molecule has 1 rings (SSSR count). The number of ether oxygens (including phenoxy) is 1. The molecule has 2 heteroatoms. The van der Waals surface area contributed by atoms with Crippen molar-refractivity contribution in [1.82, 2.24) is 0 Å². The van der Waals surface area contributed by atoms with Crippen molar-refractivity contribution in [3.63, 3.8) is 0 Å². The summed E-state index contributed by atoms with van der Waals surface area (Å²) in [5.74, 6) is -0.0672. The largest absolute Gasteiger partial charge is 0.461 e. The lowest BCUT2D eigenvalue weighted by Crippen LogP contribution is -2.04. The van der Waals surface area contributed by atoms with Crippen molar-refractivity contribution in [1.29, 1.82) is 0 Å². The second-order valence-electron chi connectivity index (χ2n) is 5.39. The normalized spacial score (nSPS) is 10.5. The zero-order valence-electron chi connectivity index (χ0n) is 13.0. The van der Waals surface area contributed by atoms with Gasteiger partial charge in [-0.15, -0.1) is 0 Å². The molecule has 0 spiro atoms. The van der Waals surface area contributed by atoms with Crippen molar-refractivity contribution in [2.45, 2.75) is 71.8 Å². The lowest BCUT2D eigenvalue weighted by Gasteiger charge is -2.06. The third-order valence-electron chi connectivity index (χ3n) is 3.41. The summed E-state index contributed by atoms with van der Waals surface area (Å²) in [6.07, 6.45) is 8.59. The van der Waals surface area contributed by atoms with E-state index < -0.39 is 0 Å². The minimum atomic E-state index is -0.0672. The smallest absolute Gasteiger partial charge is 0.306 e. The number of hydrogen-bond acceptors (Lipinski definition) is 2. The van der Waals surface area contributed by atoms with Gasteiger partial charge in [-0.25, -0.2) is 0 Å². The summed E-state index contributed by atoms with van der Waals surface area (Å²) >= 11 is 0. The molecule has 0 aliphatic carbocycles. The van der Waals surface area contributed by atoms with Gasteiger partial charge in [-0.3, -0.25) is 4.79 Å². The van der Waals surface area contributed by atoms with Crippen LogP contribution in [0.5, 0.6) is 0 Å². The molecule has 0 atom stereocenters. The Balaban J connectivity index is 2.21. The second kappa shape index (κ2) is 10.5. The molecule has 1 aromatic rings. The van der Waals surface area contributed by atoms with Gasteiger partial charge < -0.3 is 4.74 Å². The lowest BCUT2D eigenvalue weighted by atomic mass is 10.1. The van der Waals surface area contributed by atoms with Gasteiger partial charge in [0.1, 0.15) is 6.61 Å².